The maximum absolute atomic E-state index is 12.8. The van der Waals surface area contributed by atoms with E-state index in [-0.39, 0.29) is 23.9 Å². The Balaban J connectivity index is 1.44. The summed E-state index contributed by atoms with van der Waals surface area (Å²) in [7, 11) is 1.89. The van der Waals surface area contributed by atoms with Crippen LogP contribution in [0.4, 0.5) is 0 Å². The van der Waals surface area contributed by atoms with Gasteiger partial charge in [0.15, 0.2) is 5.65 Å². The number of hydrogen-bond donors (Lipinski definition) is 2. The van der Waals surface area contributed by atoms with Gasteiger partial charge < -0.3 is 10.2 Å². The van der Waals surface area contributed by atoms with Crippen LogP contribution in [0.2, 0.25) is 0 Å². The second-order valence-electron chi connectivity index (χ2n) is 9.85. The zero-order valence-corrected chi connectivity index (χ0v) is 21.0. The minimum atomic E-state index is -0.0572. The number of benzene rings is 1. The number of fused-ring (bicyclic) bond motifs is 1. The number of H-pyrrole nitrogens is 1. The molecule has 0 aliphatic carbocycles. The molecule has 0 spiro atoms. The van der Waals surface area contributed by atoms with E-state index in [0.717, 1.165) is 58.7 Å². The Morgan fingerprint density at radius 1 is 1.17 bits per heavy atom. The lowest BCUT2D eigenvalue weighted by atomic mass is 9.93. The first-order chi connectivity index (χ1) is 16.8. The molecule has 3 aromatic heterocycles. The number of nitrogens with zero attached hydrogens (tertiary/aromatic N) is 5. The van der Waals surface area contributed by atoms with E-state index in [9.17, 15) is 4.79 Å². The molecule has 35 heavy (non-hydrogen) atoms. The number of aromatic nitrogens is 5. The molecule has 0 saturated carbocycles. The molecular weight excluding hydrogens is 438 g/mol. The number of pyridine rings is 1. The summed E-state index contributed by atoms with van der Waals surface area (Å²) in [4.78, 5) is 19.0. The maximum atomic E-state index is 12.8. The van der Waals surface area contributed by atoms with Gasteiger partial charge in [0.05, 0.1) is 23.5 Å². The number of amides is 1. The first-order valence-electron chi connectivity index (χ1n) is 12.3. The van der Waals surface area contributed by atoms with E-state index >= 15 is 0 Å². The van der Waals surface area contributed by atoms with Gasteiger partial charge in [0.2, 0.25) is 5.91 Å². The monoisotopic (exact) mass is 471 g/mol. The standard InChI is InChI=1S/C27H33N7O/c1-16(2)23-24(31-32-25(23)21-13-17(3)26-29-15-30-34(26)14-21)20-10-8-19(9-11-20)18(4)33(5)27(35)22-7-6-12-28-22/h8-11,13-16,18,22,28H,6-7,12H2,1-5H3,(H,31,32)/t18-,22-/m0/s1. The predicted molar refractivity (Wildman–Crippen MR) is 137 cm³/mol. The van der Waals surface area contributed by atoms with Gasteiger partial charge in [0, 0.05) is 29.9 Å². The summed E-state index contributed by atoms with van der Waals surface area (Å²) in [5.41, 5.74) is 8.24. The number of carbonyl (C=O) groups is 1. The highest BCUT2D eigenvalue weighted by Gasteiger charge is 2.28. The minimum Gasteiger partial charge on any atom is -0.338 e. The third-order valence-corrected chi connectivity index (χ3v) is 7.18. The smallest absolute Gasteiger partial charge is 0.239 e. The number of aryl methyl sites for hydroxylation is 1. The Labute approximate surface area is 205 Å². The fourth-order valence-electron chi connectivity index (χ4n) is 5.06. The van der Waals surface area contributed by atoms with Crippen molar-refractivity contribution in [3.05, 3.63) is 59.5 Å². The third-order valence-electron chi connectivity index (χ3n) is 7.18. The van der Waals surface area contributed by atoms with Gasteiger partial charge in [-0.2, -0.15) is 10.2 Å². The molecule has 4 heterocycles. The topological polar surface area (TPSA) is 91.2 Å². The molecule has 0 unspecified atom stereocenters. The lowest BCUT2D eigenvalue weighted by Gasteiger charge is -2.28. The molecule has 0 radical (unpaired) electrons. The number of nitrogens with one attached hydrogen (secondary N) is 2. The van der Waals surface area contributed by atoms with Crippen LogP contribution in [0.15, 0.2) is 42.9 Å². The molecule has 0 bridgehead atoms. The Morgan fingerprint density at radius 3 is 2.63 bits per heavy atom. The van der Waals surface area contributed by atoms with Crippen LogP contribution in [0.25, 0.3) is 28.2 Å². The molecule has 8 nitrogen and oxygen atoms in total. The third kappa shape index (κ3) is 4.23. The van der Waals surface area contributed by atoms with Crippen molar-refractivity contribution in [1.82, 2.24) is 35.0 Å². The molecule has 182 valence electrons. The number of likely N-dealkylation sites (N-methyl/N-ethyl adjacent to an activating group) is 1. The van der Waals surface area contributed by atoms with Crippen molar-refractivity contribution in [1.29, 1.82) is 0 Å². The summed E-state index contributed by atoms with van der Waals surface area (Å²) in [6.45, 7) is 9.42. The average molecular weight is 472 g/mol. The Hall–Kier alpha value is -3.52. The quantitative estimate of drug-likeness (QED) is 0.432. The van der Waals surface area contributed by atoms with Gasteiger partial charge >= 0.3 is 0 Å². The van der Waals surface area contributed by atoms with Crippen molar-refractivity contribution >= 4 is 11.6 Å². The van der Waals surface area contributed by atoms with Crippen LogP contribution >= 0.6 is 0 Å². The van der Waals surface area contributed by atoms with Crippen molar-refractivity contribution in [2.75, 3.05) is 13.6 Å². The molecular formula is C27H33N7O. The molecule has 1 aliphatic rings. The minimum absolute atomic E-state index is 0.00403. The van der Waals surface area contributed by atoms with Crippen LogP contribution in [0.1, 0.15) is 62.3 Å². The van der Waals surface area contributed by atoms with E-state index < -0.39 is 0 Å². The van der Waals surface area contributed by atoms with Crippen LogP contribution in [0.3, 0.4) is 0 Å². The number of rotatable bonds is 6. The lowest BCUT2D eigenvalue weighted by molar-refractivity contribution is -0.133. The summed E-state index contributed by atoms with van der Waals surface area (Å²) in [6.07, 6.45) is 5.54. The van der Waals surface area contributed by atoms with Crippen LogP contribution < -0.4 is 5.32 Å². The van der Waals surface area contributed by atoms with Gasteiger partial charge in [-0.25, -0.2) is 9.50 Å². The zero-order chi connectivity index (χ0) is 24.7. The van der Waals surface area contributed by atoms with Gasteiger partial charge in [0.1, 0.15) is 6.33 Å². The molecule has 1 saturated heterocycles. The average Bonchev–Trinajstić information content (AvgIpc) is 3.63. The Bertz CT molecular complexity index is 1350. The van der Waals surface area contributed by atoms with E-state index in [1.807, 2.05) is 29.6 Å². The van der Waals surface area contributed by atoms with Crippen molar-refractivity contribution in [2.24, 2.45) is 0 Å². The summed E-state index contributed by atoms with van der Waals surface area (Å²) in [6, 6.07) is 10.5. The van der Waals surface area contributed by atoms with E-state index in [2.05, 4.69) is 71.6 Å². The Morgan fingerprint density at radius 2 is 1.94 bits per heavy atom. The van der Waals surface area contributed by atoms with Crippen molar-refractivity contribution in [3.63, 3.8) is 0 Å². The first kappa shape index (κ1) is 23.2. The summed E-state index contributed by atoms with van der Waals surface area (Å²) in [5, 5.41) is 15.6. The van der Waals surface area contributed by atoms with Crippen LogP contribution in [-0.4, -0.2) is 55.2 Å². The number of hydrogen-bond acceptors (Lipinski definition) is 5. The van der Waals surface area contributed by atoms with Crippen molar-refractivity contribution in [2.45, 2.75) is 58.5 Å². The van der Waals surface area contributed by atoms with E-state index in [1.165, 1.54) is 5.56 Å². The number of aromatic amines is 1. The highest BCUT2D eigenvalue weighted by Crippen LogP contribution is 2.36. The zero-order valence-electron chi connectivity index (χ0n) is 21.0. The van der Waals surface area contributed by atoms with Crippen LogP contribution in [0.5, 0.6) is 0 Å². The van der Waals surface area contributed by atoms with Crippen molar-refractivity contribution < 1.29 is 4.79 Å². The van der Waals surface area contributed by atoms with E-state index in [1.54, 1.807) is 6.33 Å². The van der Waals surface area contributed by atoms with Gasteiger partial charge in [-0.3, -0.25) is 9.89 Å². The second kappa shape index (κ2) is 9.26. The highest BCUT2D eigenvalue weighted by atomic mass is 16.2. The van der Waals surface area contributed by atoms with Crippen LogP contribution in [-0.2, 0) is 4.79 Å². The maximum Gasteiger partial charge on any atom is 0.239 e. The summed E-state index contributed by atoms with van der Waals surface area (Å²) in [5.74, 6) is 0.435. The summed E-state index contributed by atoms with van der Waals surface area (Å²) < 4.78 is 1.81. The molecule has 8 heteroatoms. The lowest BCUT2D eigenvalue weighted by Crippen LogP contribution is -2.42. The number of carbonyl (C=O) groups excluding carboxylic acids is 1. The largest absolute Gasteiger partial charge is 0.338 e. The normalized spacial score (nSPS) is 16.8. The van der Waals surface area contributed by atoms with Gasteiger partial charge in [-0.05, 0) is 56.3 Å². The van der Waals surface area contributed by atoms with Gasteiger partial charge in [-0.15, -0.1) is 0 Å². The first-order valence-corrected chi connectivity index (χ1v) is 12.3. The fourth-order valence-corrected chi connectivity index (χ4v) is 5.06. The molecule has 1 fully saturated rings. The van der Waals surface area contributed by atoms with E-state index in [0.29, 0.717) is 0 Å². The van der Waals surface area contributed by atoms with Gasteiger partial charge in [-0.1, -0.05) is 38.1 Å². The predicted octanol–water partition coefficient (Wildman–Crippen LogP) is 4.49. The molecule has 5 rings (SSSR count). The molecule has 1 aliphatic heterocycles. The molecule has 2 atom stereocenters. The second-order valence-corrected chi connectivity index (χ2v) is 9.85. The van der Waals surface area contributed by atoms with E-state index in [4.69, 9.17) is 5.10 Å². The van der Waals surface area contributed by atoms with Crippen LogP contribution in [0, 0.1) is 6.92 Å². The molecule has 2 N–H and O–H groups in total. The molecule has 1 aromatic carbocycles. The summed E-state index contributed by atoms with van der Waals surface area (Å²) >= 11 is 0. The van der Waals surface area contributed by atoms with Gasteiger partial charge in [0.25, 0.3) is 0 Å². The highest BCUT2D eigenvalue weighted by molar-refractivity contribution is 5.82. The fraction of sp³-hybridized carbons (Fsp3) is 0.407. The SMILES string of the molecule is Cc1cc(-c2[nH]nc(-c3ccc([C@H](C)N(C)C(=O)[C@@H]4CCCN4)cc3)c2C(C)C)cn2ncnc12. The molecule has 1 amide bonds. The molecule has 4 aromatic rings. The Kier molecular flexibility index (Phi) is 6.15. The van der Waals surface area contributed by atoms with Crippen molar-refractivity contribution in [3.8, 4) is 22.5 Å².